The molecule has 0 unspecified atom stereocenters. The predicted octanol–water partition coefficient (Wildman–Crippen LogP) is 2.65. The Kier molecular flexibility index (Phi) is 3.02. The van der Waals surface area contributed by atoms with Crippen molar-refractivity contribution in [2.45, 2.75) is 13.3 Å². The first kappa shape index (κ1) is 12.5. The van der Waals surface area contributed by atoms with Gasteiger partial charge < -0.3 is 10.3 Å². The van der Waals surface area contributed by atoms with Crippen LogP contribution in [0.3, 0.4) is 0 Å². The Hall–Kier alpha value is -1.98. The second-order valence-corrected chi connectivity index (χ2v) is 3.93. The third-order valence-electron chi connectivity index (χ3n) is 2.81. The number of benzene rings is 1. The normalized spacial score (nSPS) is 10.9. The van der Waals surface area contributed by atoms with Gasteiger partial charge in [-0.25, -0.2) is 18.2 Å². The number of aromatic nitrogens is 2. The standard InChI is InChI=1S/C12H12F3N3/c1-3-9-17-11(12(16)18(9)2)6-4-7(13)10(15)8(14)5-6/h4-5H,3,16H2,1-2H3. The first-order valence-electron chi connectivity index (χ1n) is 5.41. The SMILES string of the molecule is CCc1nc(-c2cc(F)c(F)c(F)c2)c(N)n1C. The fourth-order valence-electron chi connectivity index (χ4n) is 1.78. The summed E-state index contributed by atoms with van der Waals surface area (Å²) in [5.41, 5.74) is 6.19. The van der Waals surface area contributed by atoms with Gasteiger partial charge in [-0.3, -0.25) is 0 Å². The molecule has 2 aromatic rings. The second kappa shape index (κ2) is 4.36. The van der Waals surface area contributed by atoms with Gasteiger partial charge in [0.2, 0.25) is 0 Å². The van der Waals surface area contributed by atoms with Crippen molar-refractivity contribution in [2.24, 2.45) is 7.05 Å². The largest absolute Gasteiger partial charge is 0.383 e. The van der Waals surface area contributed by atoms with Crippen LogP contribution in [0.4, 0.5) is 19.0 Å². The summed E-state index contributed by atoms with van der Waals surface area (Å²) in [6.07, 6.45) is 0.632. The molecule has 0 spiro atoms. The molecular weight excluding hydrogens is 243 g/mol. The van der Waals surface area contributed by atoms with Gasteiger partial charge in [0.25, 0.3) is 0 Å². The maximum atomic E-state index is 13.2. The zero-order chi connectivity index (χ0) is 13.4. The number of hydrogen-bond donors (Lipinski definition) is 1. The molecule has 96 valence electrons. The van der Waals surface area contributed by atoms with Crippen LogP contribution < -0.4 is 5.73 Å². The average molecular weight is 255 g/mol. The summed E-state index contributed by atoms with van der Waals surface area (Å²) in [5, 5.41) is 0. The van der Waals surface area contributed by atoms with E-state index in [1.165, 1.54) is 0 Å². The zero-order valence-electron chi connectivity index (χ0n) is 9.97. The summed E-state index contributed by atoms with van der Waals surface area (Å²) in [7, 11) is 1.71. The Morgan fingerprint density at radius 2 is 1.78 bits per heavy atom. The van der Waals surface area contributed by atoms with Gasteiger partial charge in [0.05, 0.1) is 0 Å². The Labute approximate surface area is 102 Å². The molecule has 0 bridgehead atoms. The molecule has 0 aliphatic carbocycles. The molecule has 0 radical (unpaired) electrons. The topological polar surface area (TPSA) is 43.8 Å². The number of aryl methyl sites for hydroxylation is 1. The third kappa shape index (κ3) is 1.83. The summed E-state index contributed by atoms with van der Waals surface area (Å²) in [6, 6.07) is 1.77. The molecule has 0 saturated heterocycles. The van der Waals surface area contributed by atoms with E-state index in [0.717, 1.165) is 12.1 Å². The Balaban J connectivity index is 2.62. The lowest BCUT2D eigenvalue weighted by molar-refractivity contribution is 0.447. The van der Waals surface area contributed by atoms with Gasteiger partial charge in [-0.2, -0.15) is 0 Å². The molecule has 2 N–H and O–H groups in total. The Morgan fingerprint density at radius 1 is 1.22 bits per heavy atom. The van der Waals surface area contributed by atoms with Crippen LogP contribution in [0.15, 0.2) is 12.1 Å². The minimum Gasteiger partial charge on any atom is -0.383 e. The molecule has 1 aromatic carbocycles. The molecule has 1 heterocycles. The van der Waals surface area contributed by atoms with Crippen LogP contribution in [0.2, 0.25) is 0 Å². The quantitative estimate of drug-likeness (QED) is 0.838. The maximum Gasteiger partial charge on any atom is 0.194 e. The minimum absolute atomic E-state index is 0.124. The Bertz CT molecular complexity index is 582. The molecule has 2 rings (SSSR count). The lowest BCUT2D eigenvalue weighted by atomic mass is 10.1. The molecule has 0 aliphatic heterocycles. The highest BCUT2D eigenvalue weighted by atomic mass is 19.2. The van der Waals surface area contributed by atoms with Gasteiger partial charge >= 0.3 is 0 Å². The molecule has 0 atom stereocenters. The predicted molar refractivity (Wildman–Crippen MR) is 62.3 cm³/mol. The van der Waals surface area contributed by atoms with E-state index >= 15 is 0 Å². The van der Waals surface area contributed by atoms with Crippen molar-refractivity contribution in [3.8, 4) is 11.3 Å². The van der Waals surface area contributed by atoms with Crippen LogP contribution in [0.5, 0.6) is 0 Å². The van der Waals surface area contributed by atoms with E-state index in [-0.39, 0.29) is 17.1 Å². The maximum absolute atomic E-state index is 13.2. The molecule has 1 aromatic heterocycles. The lowest BCUT2D eigenvalue weighted by Crippen LogP contribution is -2.00. The van der Waals surface area contributed by atoms with Crippen molar-refractivity contribution in [2.75, 3.05) is 5.73 Å². The van der Waals surface area contributed by atoms with Crippen molar-refractivity contribution in [3.63, 3.8) is 0 Å². The van der Waals surface area contributed by atoms with E-state index in [4.69, 9.17) is 5.73 Å². The van der Waals surface area contributed by atoms with E-state index in [9.17, 15) is 13.2 Å². The van der Waals surface area contributed by atoms with Crippen molar-refractivity contribution in [1.82, 2.24) is 9.55 Å². The van der Waals surface area contributed by atoms with Crippen molar-refractivity contribution < 1.29 is 13.2 Å². The first-order chi connectivity index (χ1) is 8.45. The van der Waals surface area contributed by atoms with E-state index in [2.05, 4.69) is 4.98 Å². The smallest absolute Gasteiger partial charge is 0.194 e. The van der Waals surface area contributed by atoms with E-state index < -0.39 is 17.5 Å². The summed E-state index contributed by atoms with van der Waals surface area (Å²) < 4.78 is 40.8. The summed E-state index contributed by atoms with van der Waals surface area (Å²) >= 11 is 0. The number of rotatable bonds is 2. The highest BCUT2D eigenvalue weighted by molar-refractivity contribution is 5.71. The summed E-state index contributed by atoms with van der Waals surface area (Å²) in [6.45, 7) is 1.89. The van der Waals surface area contributed by atoms with Crippen LogP contribution in [-0.4, -0.2) is 9.55 Å². The number of nitrogen functional groups attached to an aromatic ring is 1. The van der Waals surface area contributed by atoms with Crippen molar-refractivity contribution in [1.29, 1.82) is 0 Å². The van der Waals surface area contributed by atoms with Gasteiger partial charge in [-0.05, 0) is 12.1 Å². The van der Waals surface area contributed by atoms with Gasteiger partial charge in [-0.15, -0.1) is 0 Å². The molecule has 18 heavy (non-hydrogen) atoms. The number of halogens is 3. The number of hydrogen-bond acceptors (Lipinski definition) is 2. The average Bonchev–Trinajstić information content (AvgIpc) is 2.62. The third-order valence-corrected chi connectivity index (χ3v) is 2.81. The van der Waals surface area contributed by atoms with Crippen LogP contribution in [0.1, 0.15) is 12.7 Å². The molecular formula is C12H12F3N3. The van der Waals surface area contributed by atoms with Crippen LogP contribution in [-0.2, 0) is 13.5 Å². The highest BCUT2D eigenvalue weighted by Crippen LogP contribution is 2.28. The van der Waals surface area contributed by atoms with Gasteiger partial charge in [-0.1, -0.05) is 6.92 Å². The molecule has 0 aliphatic rings. The van der Waals surface area contributed by atoms with Crippen LogP contribution in [0.25, 0.3) is 11.3 Å². The molecule has 0 amide bonds. The molecule has 6 heteroatoms. The number of imidazole rings is 1. The molecule has 0 fully saturated rings. The minimum atomic E-state index is -1.50. The second-order valence-electron chi connectivity index (χ2n) is 3.93. The van der Waals surface area contributed by atoms with Crippen LogP contribution >= 0.6 is 0 Å². The molecule has 3 nitrogen and oxygen atoms in total. The van der Waals surface area contributed by atoms with E-state index in [0.29, 0.717) is 12.2 Å². The summed E-state index contributed by atoms with van der Waals surface area (Å²) in [4.78, 5) is 4.19. The fraction of sp³-hybridized carbons (Fsp3) is 0.250. The van der Waals surface area contributed by atoms with Gasteiger partial charge in [0.1, 0.15) is 17.3 Å². The van der Waals surface area contributed by atoms with Gasteiger partial charge in [0.15, 0.2) is 17.5 Å². The monoisotopic (exact) mass is 255 g/mol. The first-order valence-corrected chi connectivity index (χ1v) is 5.41. The van der Waals surface area contributed by atoms with Gasteiger partial charge in [0, 0.05) is 19.0 Å². The van der Waals surface area contributed by atoms with Crippen LogP contribution in [0, 0.1) is 17.5 Å². The number of anilines is 1. The molecule has 0 saturated carbocycles. The number of nitrogens with zero attached hydrogens (tertiary/aromatic N) is 2. The fourth-order valence-corrected chi connectivity index (χ4v) is 1.78. The number of nitrogens with two attached hydrogens (primary N) is 1. The Morgan fingerprint density at radius 3 is 2.22 bits per heavy atom. The van der Waals surface area contributed by atoms with Crippen molar-refractivity contribution in [3.05, 3.63) is 35.4 Å². The highest BCUT2D eigenvalue weighted by Gasteiger charge is 2.17. The van der Waals surface area contributed by atoms with Crippen molar-refractivity contribution >= 4 is 5.82 Å². The summed E-state index contributed by atoms with van der Waals surface area (Å²) in [5.74, 6) is -3.03. The zero-order valence-corrected chi connectivity index (χ0v) is 9.97. The van der Waals surface area contributed by atoms with E-state index in [1.54, 1.807) is 11.6 Å². The van der Waals surface area contributed by atoms with E-state index in [1.807, 2.05) is 6.92 Å². The lowest BCUT2D eigenvalue weighted by Gasteiger charge is -2.02.